The molecule has 0 fully saturated rings. The fourth-order valence-electron chi connectivity index (χ4n) is 1.12. The van der Waals surface area contributed by atoms with Crippen molar-refractivity contribution in [2.45, 2.75) is 0 Å². The van der Waals surface area contributed by atoms with Gasteiger partial charge in [0.25, 0.3) is 0 Å². The number of hydrogen-bond donors (Lipinski definition) is 2. The molecular formula is C8H5ClLiN2O2+. The molecule has 0 radical (unpaired) electrons. The van der Waals surface area contributed by atoms with Crippen molar-refractivity contribution < 1.29 is 28.8 Å². The molecule has 66 valence electrons. The number of hydrogen-bond acceptors (Lipinski definition) is 2. The summed E-state index contributed by atoms with van der Waals surface area (Å²) in [5.74, 6) is -1.07. The van der Waals surface area contributed by atoms with E-state index in [0.717, 1.165) is 0 Å². The van der Waals surface area contributed by atoms with Crippen molar-refractivity contribution in [2.75, 3.05) is 0 Å². The second-order valence-electron chi connectivity index (χ2n) is 2.53. The summed E-state index contributed by atoms with van der Waals surface area (Å²) in [5.41, 5.74) is 0.615. The molecule has 4 nitrogen and oxygen atoms in total. The van der Waals surface area contributed by atoms with E-state index in [9.17, 15) is 4.79 Å². The number of rotatable bonds is 1. The van der Waals surface area contributed by atoms with Gasteiger partial charge in [0.2, 0.25) is 0 Å². The summed E-state index contributed by atoms with van der Waals surface area (Å²) >= 11 is 5.84. The van der Waals surface area contributed by atoms with Crippen LogP contribution in [-0.4, -0.2) is 21.0 Å². The van der Waals surface area contributed by atoms with Gasteiger partial charge in [0.15, 0.2) is 0 Å². The first-order valence-electron chi connectivity index (χ1n) is 3.55. The Hall–Kier alpha value is -0.953. The molecule has 2 aromatic heterocycles. The van der Waals surface area contributed by atoms with Crippen LogP contribution >= 0.6 is 11.6 Å². The number of carboxylic acid groups (broad SMARTS) is 1. The Balaban J connectivity index is 0.000000980. The molecule has 0 aliphatic heterocycles. The molecule has 0 bridgehead atoms. The standard InChI is InChI=1S/C8H5ClN2O2.Li/c9-6-4-1-2-10-7(4)11-3-5(6)8(12)13;/h1-3H,(H,10,11)(H,12,13);/q;+1. The fraction of sp³-hybridized carbons (Fsp3) is 0. The Morgan fingerprint density at radius 3 is 2.93 bits per heavy atom. The van der Waals surface area contributed by atoms with E-state index in [-0.39, 0.29) is 29.4 Å². The minimum atomic E-state index is -1.07. The van der Waals surface area contributed by atoms with Crippen molar-refractivity contribution in [1.29, 1.82) is 0 Å². The number of aromatic nitrogens is 2. The molecule has 0 atom stereocenters. The number of carboxylic acids is 1. The third-order valence-corrected chi connectivity index (χ3v) is 2.16. The van der Waals surface area contributed by atoms with Crippen LogP contribution in [0.15, 0.2) is 18.5 Å². The molecule has 0 unspecified atom stereocenters. The molecule has 0 aromatic carbocycles. The van der Waals surface area contributed by atoms with Gasteiger partial charge in [-0.15, -0.1) is 0 Å². The van der Waals surface area contributed by atoms with Crippen molar-refractivity contribution in [3.05, 3.63) is 29.0 Å². The van der Waals surface area contributed by atoms with Crippen molar-refractivity contribution in [3.8, 4) is 0 Å². The first-order valence-corrected chi connectivity index (χ1v) is 3.93. The van der Waals surface area contributed by atoms with Crippen molar-refractivity contribution in [1.82, 2.24) is 9.97 Å². The molecule has 0 saturated heterocycles. The monoisotopic (exact) mass is 203 g/mol. The number of pyridine rings is 1. The summed E-state index contributed by atoms with van der Waals surface area (Å²) in [6, 6.07) is 1.69. The fourth-order valence-corrected chi connectivity index (χ4v) is 1.41. The second kappa shape index (κ2) is 4.05. The smallest absolute Gasteiger partial charge is 0.478 e. The number of aromatic amines is 1. The summed E-state index contributed by atoms with van der Waals surface area (Å²) in [6.07, 6.45) is 2.90. The summed E-state index contributed by atoms with van der Waals surface area (Å²) in [6.45, 7) is 0. The van der Waals surface area contributed by atoms with Crippen LogP contribution in [-0.2, 0) is 0 Å². The molecule has 2 rings (SSSR count). The number of carbonyl (C=O) groups is 1. The molecule has 0 aliphatic rings. The molecule has 0 saturated carbocycles. The molecule has 0 amide bonds. The Morgan fingerprint density at radius 2 is 2.29 bits per heavy atom. The quantitative estimate of drug-likeness (QED) is 0.580. The molecule has 0 spiro atoms. The largest absolute Gasteiger partial charge is 1.00 e. The molecule has 6 heteroatoms. The first kappa shape index (κ1) is 11.1. The van der Waals surface area contributed by atoms with Gasteiger partial charge in [-0.25, -0.2) is 9.78 Å². The Morgan fingerprint density at radius 1 is 1.57 bits per heavy atom. The van der Waals surface area contributed by atoms with Gasteiger partial charge < -0.3 is 10.1 Å². The third kappa shape index (κ3) is 1.64. The number of nitrogens with one attached hydrogen (secondary N) is 1. The van der Waals surface area contributed by atoms with Gasteiger partial charge in [0.05, 0.1) is 10.6 Å². The SMILES string of the molecule is O=C(O)c1cnc2[nH]ccc2c1Cl.[Li+]. The number of fused-ring (bicyclic) bond motifs is 1. The zero-order valence-electron chi connectivity index (χ0n) is 7.41. The maximum Gasteiger partial charge on any atom is 1.00 e. The summed E-state index contributed by atoms with van der Waals surface area (Å²) in [4.78, 5) is 17.4. The van der Waals surface area contributed by atoms with Crippen molar-refractivity contribution in [2.24, 2.45) is 0 Å². The maximum atomic E-state index is 10.7. The van der Waals surface area contributed by atoms with E-state index in [0.29, 0.717) is 11.0 Å². The van der Waals surface area contributed by atoms with Crippen LogP contribution in [0.3, 0.4) is 0 Å². The molecule has 2 heterocycles. The van der Waals surface area contributed by atoms with Crippen LogP contribution in [0.4, 0.5) is 0 Å². The van der Waals surface area contributed by atoms with Crippen LogP contribution in [0.5, 0.6) is 0 Å². The molecule has 14 heavy (non-hydrogen) atoms. The minimum Gasteiger partial charge on any atom is -0.478 e. The Bertz CT molecular complexity index is 483. The normalized spacial score (nSPS) is 9.79. The predicted molar refractivity (Wildman–Crippen MR) is 48.1 cm³/mol. The average Bonchev–Trinajstić information content (AvgIpc) is 2.52. The van der Waals surface area contributed by atoms with Crippen molar-refractivity contribution in [3.63, 3.8) is 0 Å². The summed E-state index contributed by atoms with van der Waals surface area (Å²) in [5, 5.41) is 9.58. The Labute approximate surface area is 96.5 Å². The minimum absolute atomic E-state index is 0. The summed E-state index contributed by atoms with van der Waals surface area (Å²) < 4.78 is 0. The first-order chi connectivity index (χ1) is 6.20. The van der Waals surface area contributed by atoms with Gasteiger partial charge in [-0.1, -0.05) is 11.6 Å². The van der Waals surface area contributed by atoms with Crippen LogP contribution in [0, 0.1) is 0 Å². The second-order valence-corrected chi connectivity index (χ2v) is 2.91. The van der Waals surface area contributed by atoms with Gasteiger partial charge in [0.1, 0.15) is 5.65 Å². The van der Waals surface area contributed by atoms with E-state index in [1.165, 1.54) is 6.20 Å². The van der Waals surface area contributed by atoms with Crippen LogP contribution in [0.2, 0.25) is 5.02 Å². The van der Waals surface area contributed by atoms with E-state index < -0.39 is 5.97 Å². The number of aromatic carboxylic acids is 1. The van der Waals surface area contributed by atoms with Crippen LogP contribution < -0.4 is 18.9 Å². The third-order valence-electron chi connectivity index (χ3n) is 1.75. The molecular weight excluding hydrogens is 198 g/mol. The van der Waals surface area contributed by atoms with Crippen molar-refractivity contribution >= 4 is 28.6 Å². The zero-order valence-corrected chi connectivity index (χ0v) is 8.17. The number of halogens is 1. The van der Waals surface area contributed by atoms with E-state index in [1.54, 1.807) is 12.3 Å². The van der Waals surface area contributed by atoms with Gasteiger partial charge in [-0.3, -0.25) is 0 Å². The average molecular weight is 204 g/mol. The molecule has 2 N–H and O–H groups in total. The molecule has 0 aliphatic carbocycles. The zero-order chi connectivity index (χ0) is 9.42. The number of H-pyrrole nitrogens is 1. The number of nitrogens with zero attached hydrogens (tertiary/aromatic N) is 1. The van der Waals surface area contributed by atoms with Gasteiger partial charge in [0, 0.05) is 17.8 Å². The van der Waals surface area contributed by atoms with E-state index >= 15 is 0 Å². The van der Waals surface area contributed by atoms with E-state index in [2.05, 4.69) is 9.97 Å². The van der Waals surface area contributed by atoms with Gasteiger partial charge in [-0.2, -0.15) is 0 Å². The van der Waals surface area contributed by atoms with E-state index in [4.69, 9.17) is 16.7 Å². The topological polar surface area (TPSA) is 66.0 Å². The predicted octanol–water partition coefficient (Wildman–Crippen LogP) is -1.08. The maximum absolute atomic E-state index is 10.7. The van der Waals surface area contributed by atoms with Gasteiger partial charge in [-0.05, 0) is 6.07 Å². The van der Waals surface area contributed by atoms with Crippen LogP contribution in [0.25, 0.3) is 11.0 Å². The van der Waals surface area contributed by atoms with Crippen LogP contribution in [0.1, 0.15) is 10.4 Å². The van der Waals surface area contributed by atoms with Gasteiger partial charge >= 0.3 is 24.8 Å². The summed E-state index contributed by atoms with van der Waals surface area (Å²) in [7, 11) is 0. The molecule has 2 aromatic rings. The van der Waals surface area contributed by atoms with E-state index in [1.807, 2.05) is 0 Å². The Kier molecular flexibility index (Phi) is 3.22.